The predicted octanol–water partition coefficient (Wildman–Crippen LogP) is 4.20. The first kappa shape index (κ1) is 19.1. The van der Waals surface area contributed by atoms with Crippen LogP contribution in [0, 0.1) is 5.92 Å². The summed E-state index contributed by atoms with van der Waals surface area (Å²) in [6, 6.07) is 14.2. The van der Waals surface area contributed by atoms with Gasteiger partial charge in [0.15, 0.2) is 5.69 Å². The molecule has 27 heavy (non-hydrogen) atoms. The van der Waals surface area contributed by atoms with E-state index in [1.54, 1.807) is 36.4 Å². The summed E-state index contributed by atoms with van der Waals surface area (Å²) < 4.78 is 1.38. The Kier molecular flexibility index (Phi) is 5.61. The first-order valence-corrected chi connectivity index (χ1v) is 9.31. The van der Waals surface area contributed by atoms with Gasteiger partial charge >= 0.3 is 0 Å². The van der Waals surface area contributed by atoms with Crippen LogP contribution in [0.3, 0.4) is 0 Å². The third-order valence-electron chi connectivity index (χ3n) is 4.34. The Bertz CT molecular complexity index is 1030. The number of rotatable bonds is 5. The number of amides is 1. The van der Waals surface area contributed by atoms with Crippen LogP contribution in [0.5, 0.6) is 0 Å². The fourth-order valence-corrected chi connectivity index (χ4v) is 3.10. The zero-order valence-electron chi connectivity index (χ0n) is 15.6. The van der Waals surface area contributed by atoms with Crippen LogP contribution in [0.25, 0.3) is 10.8 Å². The van der Waals surface area contributed by atoms with E-state index in [2.05, 4.69) is 10.4 Å². The van der Waals surface area contributed by atoms with Gasteiger partial charge in [-0.25, -0.2) is 4.68 Å². The summed E-state index contributed by atoms with van der Waals surface area (Å²) in [6.45, 7) is 6.36. The summed E-state index contributed by atoms with van der Waals surface area (Å²) in [6.07, 6.45) is 0. The van der Waals surface area contributed by atoms with E-state index < -0.39 is 0 Å². The lowest BCUT2D eigenvalue weighted by Gasteiger charge is -2.16. The second-order valence-corrected chi connectivity index (χ2v) is 7.46. The minimum Gasteiger partial charge on any atom is -0.344 e. The smallest absolute Gasteiger partial charge is 0.274 e. The Labute approximate surface area is 163 Å². The molecular weight excluding hydrogens is 362 g/mol. The van der Waals surface area contributed by atoms with Gasteiger partial charge in [-0.1, -0.05) is 55.8 Å². The zero-order valence-corrected chi connectivity index (χ0v) is 16.3. The zero-order chi connectivity index (χ0) is 19.6. The maximum atomic E-state index is 12.9. The molecule has 2 aromatic carbocycles. The topological polar surface area (TPSA) is 64.0 Å². The fourth-order valence-electron chi connectivity index (χ4n) is 2.97. The molecule has 0 saturated carbocycles. The highest BCUT2D eigenvalue weighted by Gasteiger charge is 2.19. The van der Waals surface area contributed by atoms with Gasteiger partial charge in [0.05, 0.1) is 11.4 Å². The van der Waals surface area contributed by atoms with Crippen LogP contribution in [0.2, 0.25) is 5.02 Å². The number of hydrogen-bond acceptors (Lipinski definition) is 3. The Morgan fingerprint density at radius 1 is 1.07 bits per heavy atom. The van der Waals surface area contributed by atoms with Crippen LogP contribution in [0.15, 0.2) is 53.3 Å². The monoisotopic (exact) mass is 383 g/mol. The van der Waals surface area contributed by atoms with Crippen molar-refractivity contribution in [2.24, 2.45) is 5.92 Å². The molecular formula is C21H22ClN3O2. The average Bonchev–Trinajstić information content (AvgIpc) is 2.64. The van der Waals surface area contributed by atoms with E-state index >= 15 is 0 Å². The van der Waals surface area contributed by atoms with E-state index in [-0.39, 0.29) is 29.1 Å². The summed E-state index contributed by atoms with van der Waals surface area (Å²) >= 11 is 5.93. The summed E-state index contributed by atoms with van der Waals surface area (Å²) in [7, 11) is 0. The SMILES string of the molecule is CC(C)Cn1nc(C(=O)N[C@H](C)c2ccc(Cl)cc2)c2ccccc2c1=O. The average molecular weight is 384 g/mol. The number of fused-ring (bicyclic) bond motifs is 1. The molecule has 0 spiro atoms. The Morgan fingerprint density at radius 3 is 2.33 bits per heavy atom. The van der Waals surface area contributed by atoms with Crippen molar-refractivity contribution in [2.75, 3.05) is 0 Å². The van der Waals surface area contributed by atoms with Gasteiger partial charge in [0.25, 0.3) is 11.5 Å². The molecule has 1 atom stereocenters. The minimum absolute atomic E-state index is 0.179. The van der Waals surface area contributed by atoms with Crippen molar-refractivity contribution in [3.05, 3.63) is 75.2 Å². The van der Waals surface area contributed by atoms with Gasteiger partial charge in [0.2, 0.25) is 0 Å². The van der Waals surface area contributed by atoms with Crippen LogP contribution in [0.1, 0.15) is 42.9 Å². The lowest BCUT2D eigenvalue weighted by Crippen LogP contribution is -2.32. The van der Waals surface area contributed by atoms with Crippen LogP contribution in [-0.2, 0) is 6.54 Å². The van der Waals surface area contributed by atoms with Crippen molar-refractivity contribution in [3.63, 3.8) is 0 Å². The van der Waals surface area contributed by atoms with E-state index in [1.807, 2.05) is 32.9 Å². The number of carbonyl (C=O) groups excluding carboxylic acids is 1. The largest absolute Gasteiger partial charge is 0.344 e. The van der Waals surface area contributed by atoms with E-state index in [1.165, 1.54) is 4.68 Å². The van der Waals surface area contributed by atoms with E-state index in [9.17, 15) is 9.59 Å². The second-order valence-electron chi connectivity index (χ2n) is 7.02. The first-order valence-electron chi connectivity index (χ1n) is 8.93. The van der Waals surface area contributed by atoms with Crippen LogP contribution < -0.4 is 10.9 Å². The van der Waals surface area contributed by atoms with Gasteiger partial charge in [0.1, 0.15) is 0 Å². The molecule has 1 amide bonds. The summed E-state index contributed by atoms with van der Waals surface area (Å²) in [5.41, 5.74) is 1.01. The number of nitrogens with one attached hydrogen (secondary N) is 1. The maximum Gasteiger partial charge on any atom is 0.274 e. The van der Waals surface area contributed by atoms with E-state index in [0.717, 1.165) is 5.56 Å². The lowest BCUT2D eigenvalue weighted by molar-refractivity contribution is 0.0934. The number of halogens is 1. The van der Waals surface area contributed by atoms with Crippen LogP contribution in [0.4, 0.5) is 0 Å². The molecule has 3 aromatic rings. The number of carbonyl (C=O) groups is 1. The van der Waals surface area contributed by atoms with Gasteiger partial charge in [-0.05, 0) is 36.6 Å². The normalized spacial score (nSPS) is 12.3. The molecule has 0 unspecified atom stereocenters. The Morgan fingerprint density at radius 2 is 1.70 bits per heavy atom. The molecule has 0 aliphatic heterocycles. The van der Waals surface area contributed by atoms with Crippen molar-refractivity contribution in [1.82, 2.24) is 15.1 Å². The maximum absolute atomic E-state index is 12.9. The van der Waals surface area contributed by atoms with Gasteiger partial charge in [-0.15, -0.1) is 0 Å². The van der Waals surface area contributed by atoms with Gasteiger partial charge in [-0.3, -0.25) is 9.59 Å². The van der Waals surface area contributed by atoms with Crippen molar-refractivity contribution in [2.45, 2.75) is 33.4 Å². The molecule has 0 saturated heterocycles. The molecule has 0 fully saturated rings. The molecule has 5 nitrogen and oxygen atoms in total. The first-order chi connectivity index (χ1) is 12.9. The number of benzene rings is 2. The summed E-state index contributed by atoms with van der Waals surface area (Å²) in [5.74, 6) is -0.0774. The van der Waals surface area contributed by atoms with Crippen LogP contribution >= 0.6 is 11.6 Å². The number of hydrogen-bond donors (Lipinski definition) is 1. The molecule has 1 aromatic heterocycles. The van der Waals surface area contributed by atoms with Crippen molar-refractivity contribution < 1.29 is 4.79 Å². The van der Waals surface area contributed by atoms with Crippen molar-refractivity contribution in [1.29, 1.82) is 0 Å². The third-order valence-corrected chi connectivity index (χ3v) is 4.59. The summed E-state index contributed by atoms with van der Waals surface area (Å²) in [5, 5.41) is 9.04. The minimum atomic E-state index is -0.314. The van der Waals surface area contributed by atoms with Crippen LogP contribution in [-0.4, -0.2) is 15.7 Å². The van der Waals surface area contributed by atoms with E-state index in [0.29, 0.717) is 22.3 Å². The predicted molar refractivity (Wildman–Crippen MR) is 108 cm³/mol. The van der Waals surface area contributed by atoms with Gasteiger partial charge in [0, 0.05) is 17.0 Å². The van der Waals surface area contributed by atoms with Crippen molar-refractivity contribution in [3.8, 4) is 0 Å². The molecule has 140 valence electrons. The lowest BCUT2D eigenvalue weighted by atomic mass is 10.1. The molecule has 0 bridgehead atoms. The van der Waals surface area contributed by atoms with E-state index in [4.69, 9.17) is 11.6 Å². The molecule has 1 N–H and O–H groups in total. The molecule has 0 aliphatic carbocycles. The second kappa shape index (κ2) is 7.92. The third kappa shape index (κ3) is 4.19. The highest BCUT2D eigenvalue weighted by molar-refractivity contribution is 6.30. The molecule has 0 aliphatic rings. The highest BCUT2D eigenvalue weighted by atomic mass is 35.5. The Hall–Kier alpha value is -2.66. The summed E-state index contributed by atoms with van der Waals surface area (Å²) in [4.78, 5) is 25.6. The number of aromatic nitrogens is 2. The molecule has 1 heterocycles. The van der Waals surface area contributed by atoms with Gasteiger partial charge < -0.3 is 5.32 Å². The Balaban J connectivity index is 1.99. The molecule has 3 rings (SSSR count). The quantitative estimate of drug-likeness (QED) is 0.718. The molecule has 0 radical (unpaired) electrons. The highest BCUT2D eigenvalue weighted by Crippen LogP contribution is 2.18. The fraction of sp³-hybridized carbons (Fsp3) is 0.286. The standard InChI is InChI=1S/C21H22ClN3O2/c1-13(2)12-25-21(27)18-7-5-4-6-17(18)19(24-25)20(26)23-14(3)15-8-10-16(22)11-9-15/h4-11,13-14H,12H2,1-3H3,(H,23,26)/t14-/m1/s1. The van der Waals surface area contributed by atoms with Gasteiger partial charge in [-0.2, -0.15) is 5.10 Å². The molecule has 6 heteroatoms. The van der Waals surface area contributed by atoms with Crippen molar-refractivity contribution >= 4 is 28.3 Å². The number of nitrogens with zero attached hydrogens (tertiary/aromatic N) is 2.